The third kappa shape index (κ3) is 5.14. The molecular weight excluding hydrogens is 711 g/mol. The molecule has 12 rings (SSSR count). The molecule has 1 nitrogen and oxygen atoms in total. The van der Waals surface area contributed by atoms with Gasteiger partial charge in [0.05, 0.1) is 11.2 Å². The predicted octanol–water partition coefficient (Wildman–Crippen LogP) is 15.8. The van der Waals surface area contributed by atoms with Crippen LogP contribution in [0.25, 0.3) is 110 Å². The first-order valence-electron chi connectivity index (χ1n) is 20.6. The topological polar surface area (TPSA) is 12.9 Å². The summed E-state index contributed by atoms with van der Waals surface area (Å²) in [6.45, 7) is 4.73. The third-order valence-corrected chi connectivity index (χ3v) is 13.0. The number of fused-ring (bicyclic) bond motifs is 12. The van der Waals surface area contributed by atoms with Gasteiger partial charge in [-0.25, -0.2) is 4.98 Å². The maximum Gasteiger partial charge on any atom is 0.0759 e. The SMILES string of the molecule is CC1(C)c2ccccc2-c2nc3ccc4ccccc4c3c(-c3ccc(-c4ccc5c6ccc(-c7cccc(-c8ccccc8)c7)cc6c6ccccc6c5c4)cc3)c21. The number of pyridine rings is 1. The van der Waals surface area contributed by atoms with Gasteiger partial charge >= 0.3 is 0 Å². The van der Waals surface area contributed by atoms with E-state index in [1.165, 1.54) is 110 Å². The summed E-state index contributed by atoms with van der Waals surface area (Å²) in [7, 11) is 0. The standard InChI is InChI=1S/C58H39N/c1-58(2)52-22-11-10-21-49(52)57-56(58)54(55-44-18-7-6-15-38(44)29-32-53(55)59-57)39-25-23-37(24-26-39)42-27-30-47-48-31-28-43(35-51(48)46-20-9-8-19-45(46)50(47)34-42)41-17-12-16-40(33-41)36-13-4-3-5-14-36/h3-35H,1-2H3. The van der Waals surface area contributed by atoms with E-state index in [1.54, 1.807) is 0 Å². The highest BCUT2D eigenvalue weighted by molar-refractivity contribution is 6.26. The molecule has 1 heteroatoms. The molecule has 0 fully saturated rings. The summed E-state index contributed by atoms with van der Waals surface area (Å²) in [5.74, 6) is 0. The van der Waals surface area contributed by atoms with E-state index in [4.69, 9.17) is 4.98 Å². The second-order valence-corrected chi connectivity index (χ2v) is 16.7. The first kappa shape index (κ1) is 33.8. The van der Waals surface area contributed by atoms with Crippen molar-refractivity contribution < 1.29 is 0 Å². The summed E-state index contributed by atoms with van der Waals surface area (Å²) < 4.78 is 0. The fraction of sp³-hybridized carbons (Fsp3) is 0.0517. The van der Waals surface area contributed by atoms with Gasteiger partial charge < -0.3 is 0 Å². The average Bonchev–Trinajstić information content (AvgIpc) is 3.53. The molecule has 1 aliphatic carbocycles. The largest absolute Gasteiger partial charge is 0.247 e. The fourth-order valence-electron chi connectivity index (χ4n) is 10.2. The Kier molecular flexibility index (Phi) is 7.34. The quantitative estimate of drug-likeness (QED) is 0.163. The maximum absolute atomic E-state index is 5.40. The monoisotopic (exact) mass is 749 g/mol. The molecule has 10 aromatic carbocycles. The maximum atomic E-state index is 5.40. The molecule has 0 unspecified atom stereocenters. The molecule has 0 amide bonds. The highest BCUT2D eigenvalue weighted by Crippen LogP contribution is 2.54. The van der Waals surface area contributed by atoms with Crippen LogP contribution in [0.4, 0.5) is 0 Å². The Labute approximate surface area is 343 Å². The molecule has 0 N–H and O–H groups in total. The van der Waals surface area contributed by atoms with Crippen LogP contribution in [0.3, 0.4) is 0 Å². The Bertz CT molecular complexity index is 3480. The molecule has 0 bridgehead atoms. The number of aromatic nitrogens is 1. The van der Waals surface area contributed by atoms with E-state index < -0.39 is 0 Å². The van der Waals surface area contributed by atoms with Gasteiger partial charge in [-0.1, -0.05) is 190 Å². The van der Waals surface area contributed by atoms with Crippen LogP contribution in [0.2, 0.25) is 0 Å². The summed E-state index contributed by atoms with van der Waals surface area (Å²) in [6, 6.07) is 73.8. The normalized spacial score (nSPS) is 13.1. The van der Waals surface area contributed by atoms with Crippen LogP contribution in [0.1, 0.15) is 25.0 Å². The van der Waals surface area contributed by atoms with Crippen LogP contribution < -0.4 is 0 Å². The smallest absolute Gasteiger partial charge is 0.0759 e. The molecule has 59 heavy (non-hydrogen) atoms. The Morgan fingerprint density at radius 3 is 1.59 bits per heavy atom. The van der Waals surface area contributed by atoms with E-state index in [0.29, 0.717) is 0 Å². The Morgan fingerprint density at radius 2 is 0.864 bits per heavy atom. The molecule has 11 aromatic rings. The van der Waals surface area contributed by atoms with Crippen molar-refractivity contribution in [1.82, 2.24) is 4.98 Å². The number of benzene rings is 10. The van der Waals surface area contributed by atoms with E-state index in [9.17, 15) is 0 Å². The van der Waals surface area contributed by atoms with E-state index in [2.05, 4.69) is 214 Å². The molecule has 0 atom stereocenters. The molecule has 1 aromatic heterocycles. The lowest BCUT2D eigenvalue weighted by molar-refractivity contribution is 0.662. The van der Waals surface area contributed by atoms with E-state index in [-0.39, 0.29) is 5.41 Å². The van der Waals surface area contributed by atoms with Crippen molar-refractivity contribution in [2.75, 3.05) is 0 Å². The average molecular weight is 750 g/mol. The molecule has 1 heterocycles. The van der Waals surface area contributed by atoms with Gasteiger partial charge in [0.25, 0.3) is 0 Å². The fourth-order valence-corrected chi connectivity index (χ4v) is 10.2. The Balaban J connectivity index is 0.996. The molecule has 0 spiro atoms. The second kappa shape index (κ2) is 12.8. The van der Waals surface area contributed by atoms with Gasteiger partial charge in [-0.05, 0) is 123 Å². The molecule has 0 radical (unpaired) electrons. The Morgan fingerprint density at radius 1 is 0.356 bits per heavy atom. The molecule has 1 aliphatic rings. The molecule has 0 aliphatic heterocycles. The highest BCUT2D eigenvalue weighted by atomic mass is 14.7. The minimum absolute atomic E-state index is 0.201. The summed E-state index contributed by atoms with van der Waals surface area (Å²) in [5, 5.41) is 11.4. The van der Waals surface area contributed by atoms with E-state index >= 15 is 0 Å². The zero-order valence-electron chi connectivity index (χ0n) is 33.0. The number of hydrogen-bond acceptors (Lipinski definition) is 1. The van der Waals surface area contributed by atoms with Crippen molar-refractivity contribution in [2.24, 2.45) is 0 Å². The lowest BCUT2D eigenvalue weighted by atomic mass is 9.78. The first-order chi connectivity index (χ1) is 29.0. The Hall–Kier alpha value is -7.35. The zero-order valence-corrected chi connectivity index (χ0v) is 33.0. The zero-order chi connectivity index (χ0) is 39.2. The van der Waals surface area contributed by atoms with Crippen LogP contribution in [-0.4, -0.2) is 4.98 Å². The predicted molar refractivity (Wildman–Crippen MR) is 251 cm³/mol. The van der Waals surface area contributed by atoms with Crippen molar-refractivity contribution in [3.05, 3.63) is 211 Å². The summed E-state index contributed by atoms with van der Waals surface area (Å²) >= 11 is 0. The minimum atomic E-state index is -0.201. The number of rotatable bonds is 4. The van der Waals surface area contributed by atoms with Crippen LogP contribution in [0, 0.1) is 0 Å². The first-order valence-corrected chi connectivity index (χ1v) is 20.6. The van der Waals surface area contributed by atoms with Gasteiger partial charge in [0.15, 0.2) is 0 Å². The molecule has 276 valence electrons. The molecule has 0 saturated heterocycles. The third-order valence-electron chi connectivity index (χ3n) is 13.0. The van der Waals surface area contributed by atoms with Gasteiger partial charge in [0.1, 0.15) is 0 Å². The molecular formula is C58H39N. The van der Waals surface area contributed by atoms with Crippen LogP contribution >= 0.6 is 0 Å². The lowest BCUT2D eigenvalue weighted by Gasteiger charge is -2.25. The minimum Gasteiger partial charge on any atom is -0.247 e. The number of nitrogens with zero attached hydrogens (tertiary/aromatic N) is 1. The number of hydrogen-bond donors (Lipinski definition) is 0. The van der Waals surface area contributed by atoms with Crippen molar-refractivity contribution >= 4 is 54.0 Å². The highest BCUT2D eigenvalue weighted by Gasteiger charge is 2.39. The van der Waals surface area contributed by atoms with Gasteiger partial charge in [-0.2, -0.15) is 0 Å². The van der Waals surface area contributed by atoms with Crippen molar-refractivity contribution in [3.8, 4) is 55.8 Å². The lowest BCUT2D eigenvalue weighted by Crippen LogP contribution is -2.16. The molecule has 0 saturated carbocycles. The van der Waals surface area contributed by atoms with Crippen LogP contribution in [0.15, 0.2) is 200 Å². The van der Waals surface area contributed by atoms with E-state index in [1.807, 2.05) is 0 Å². The van der Waals surface area contributed by atoms with Crippen LogP contribution in [0.5, 0.6) is 0 Å². The summed E-state index contributed by atoms with van der Waals surface area (Å²) in [4.78, 5) is 5.40. The van der Waals surface area contributed by atoms with E-state index in [0.717, 1.165) is 11.2 Å². The van der Waals surface area contributed by atoms with Gasteiger partial charge in [-0.15, -0.1) is 0 Å². The van der Waals surface area contributed by atoms with Gasteiger partial charge in [-0.3, -0.25) is 0 Å². The van der Waals surface area contributed by atoms with Crippen molar-refractivity contribution in [3.63, 3.8) is 0 Å². The second-order valence-electron chi connectivity index (χ2n) is 16.7. The summed E-state index contributed by atoms with van der Waals surface area (Å²) in [5.41, 5.74) is 15.7. The van der Waals surface area contributed by atoms with Crippen molar-refractivity contribution in [2.45, 2.75) is 19.3 Å². The van der Waals surface area contributed by atoms with Crippen molar-refractivity contribution in [1.29, 1.82) is 0 Å². The van der Waals surface area contributed by atoms with Gasteiger partial charge in [0, 0.05) is 16.4 Å². The van der Waals surface area contributed by atoms with Crippen LogP contribution in [-0.2, 0) is 5.41 Å². The van der Waals surface area contributed by atoms with Gasteiger partial charge in [0.2, 0.25) is 0 Å². The summed E-state index contributed by atoms with van der Waals surface area (Å²) in [6.07, 6.45) is 0.